The lowest BCUT2D eigenvalue weighted by Gasteiger charge is -2.10. The summed E-state index contributed by atoms with van der Waals surface area (Å²) in [7, 11) is 3.75. The third kappa shape index (κ3) is 3.61. The minimum Gasteiger partial charge on any atom is -0.356 e. The molecule has 0 aliphatic heterocycles. The summed E-state index contributed by atoms with van der Waals surface area (Å²) < 4.78 is 1.99. The highest BCUT2D eigenvalue weighted by atomic mass is 15.2. The van der Waals surface area contributed by atoms with E-state index in [9.17, 15) is 0 Å². The first-order chi connectivity index (χ1) is 7.27. The van der Waals surface area contributed by atoms with Crippen LogP contribution in [0.15, 0.2) is 17.4 Å². The summed E-state index contributed by atoms with van der Waals surface area (Å²) >= 11 is 0. The van der Waals surface area contributed by atoms with Crippen molar-refractivity contribution in [1.82, 2.24) is 20.2 Å². The molecule has 15 heavy (non-hydrogen) atoms. The summed E-state index contributed by atoms with van der Waals surface area (Å²) in [5.74, 6) is 1.81. The molecule has 0 aliphatic carbocycles. The molecule has 0 aliphatic rings. The van der Waals surface area contributed by atoms with E-state index < -0.39 is 0 Å². The molecule has 0 aromatic carbocycles. The summed E-state index contributed by atoms with van der Waals surface area (Å²) in [6, 6.07) is 0. The van der Waals surface area contributed by atoms with Gasteiger partial charge in [-0.2, -0.15) is 0 Å². The lowest BCUT2D eigenvalue weighted by atomic mass is 10.5. The molecule has 0 saturated heterocycles. The van der Waals surface area contributed by atoms with Crippen LogP contribution in [0.2, 0.25) is 0 Å². The van der Waals surface area contributed by atoms with Gasteiger partial charge in [-0.1, -0.05) is 6.92 Å². The fraction of sp³-hybridized carbons (Fsp3) is 0.600. The van der Waals surface area contributed by atoms with Gasteiger partial charge in [0.1, 0.15) is 5.82 Å². The van der Waals surface area contributed by atoms with E-state index >= 15 is 0 Å². The van der Waals surface area contributed by atoms with Crippen LogP contribution >= 0.6 is 0 Å². The van der Waals surface area contributed by atoms with E-state index in [1.807, 2.05) is 17.8 Å². The number of aliphatic imine (C=N–C) groups is 1. The van der Waals surface area contributed by atoms with Gasteiger partial charge >= 0.3 is 0 Å². The van der Waals surface area contributed by atoms with Crippen LogP contribution < -0.4 is 10.6 Å². The monoisotopic (exact) mass is 209 g/mol. The van der Waals surface area contributed by atoms with Crippen LogP contribution in [0.3, 0.4) is 0 Å². The van der Waals surface area contributed by atoms with Gasteiger partial charge in [0, 0.05) is 33.0 Å². The fourth-order valence-corrected chi connectivity index (χ4v) is 1.19. The van der Waals surface area contributed by atoms with Crippen LogP contribution in [0.5, 0.6) is 0 Å². The van der Waals surface area contributed by atoms with Crippen molar-refractivity contribution in [3.05, 3.63) is 18.2 Å². The first-order valence-corrected chi connectivity index (χ1v) is 5.18. The van der Waals surface area contributed by atoms with E-state index in [-0.39, 0.29) is 0 Å². The summed E-state index contributed by atoms with van der Waals surface area (Å²) in [5, 5.41) is 6.41. The van der Waals surface area contributed by atoms with E-state index in [1.54, 1.807) is 13.2 Å². The number of hydrogen-bond acceptors (Lipinski definition) is 2. The lowest BCUT2D eigenvalue weighted by molar-refractivity contribution is 0.722. The molecule has 2 N–H and O–H groups in total. The quantitative estimate of drug-likeness (QED) is 0.560. The van der Waals surface area contributed by atoms with E-state index in [0.717, 1.165) is 24.7 Å². The van der Waals surface area contributed by atoms with Crippen molar-refractivity contribution < 1.29 is 0 Å². The van der Waals surface area contributed by atoms with E-state index in [0.29, 0.717) is 6.54 Å². The summed E-state index contributed by atoms with van der Waals surface area (Å²) in [5.41, 5.74) is 0. The molecular formula is C10H19N5. The van der Waals surface area contributed by atoms with Crippen LogP contribution in [0, 0.1) is 0 Å². The van der Waals surface area contributed by atoms with Gasteiger partial charge in [-0.25, -0.2) is 4.98 Å². The van der Waals surface area contributed by atoms with Crippen LogP contribution in [0.25, 0.3) is 0 Å². The van der Waals surface area contributed by atoms with Crippen molar-refractivity contribution in [2.24, 2.45) is 12.0 Å². The topological polar surface area (TPSA) is 54.2 Å². The predicted molar refractivity (Wildman–Crippen MR) is 61.7 cm³/mol. The molecule has 0 bridgehead atoms. The zero-order valence-corrected chi connectivity index (χ0v) is 9.62. The Bertz CT molecular complexity index is 315. The van der Waals surface area contributed by atoms with Gasteiger partial charge in [0.25, 0.3) is 0 Å². The molecule has 1 aromatic heterocycles. The SMILES string of the molecule is CCCNC(=NC)NCc1nccn1C. The first-order valence-electron chi connectivity index (χ1n) is 5.18. The standard InChI is InChI=1S/C10H19N5/c1-4-5-13-10(11-2)14-8-9-12-6-7-15(9)3/h6-7H,4-5,8H2,1-3H3,(H2,11,13,14). The number of guanidine groups is 1. The van der Waals surface area contributed by atoms with Crippen molar-refractivity contribution in [3.8, 4) is 0 Å². The summed E-state index contributed by atoms with van der Waals surface area (Å²) in [6.07, 6.45) is 4.81. The second kappa shape index (κ2) is 6.06. The Morgan fingerprint density at radius 2 is 2.33 bits per heavy atom. The van der Waals surface area contributed by atoms with Crippen LogP contribution in [-0.4, -0.2) is 29.1 Å². The highest BCUT2D eigenvalue weighted by Gasteiger charge is 2.00. The number of hydrogen-bond donors (Lipinski definition) is 2. The molecule has 84 valence electrons. The molecule has 0 atom stereocenters. The number of aryl methyl sites for hydroxylation is 1. The van der Waals surface area contributed by atoms with Gasteiger partial charge in [-0.3, -0.25) is 4.99 Å². The van der Waals surface area contributed by atoms with Gasteiger partial charge in [0.2, 0.25) is 0 Å². The molecule has 0 fully saturated rings. The molecule has 0 saturated carbocycles. The molecular weight excluding hydrogens is 190 g/mol. The minimum atomic E-state index is 0.687. The van der Waals surface area contributed by atoms with Crippen LogP contribution in [0.1, 0.15) is 19.2 Å². The molecule has 1 rings (SSSR count). The highest BCUT2D eigenvalue weighted by molar-refractivity contribution is 5.79. The van der Waals surface area contributed by atoms with Crippen LogP contribution in [-0.2, 0) is 13.6 Å². The normalized spacial score (nSPS) is 11.5. The van der Waals surface area contributed by atoms with Gasteiger partial charge in [0.15, 0.2) is 5.96 Å². The second-order valence-corrected chi connectivity index (χ2v) is 3.31. The average Bonchev–Trinajstić information content (AvgIpc) is 2.65. The van der Waals surface area contributed by atoms with Gasteiger partial charge < -0.3 is 15.2 Å². The van der Waals surface area contributed by atoms with Gasteiger partial charge in [-0.05, 0) is 6.42 Å². The third-order valence-electron chi connectivity index (χ3n) is 2.10. The molecule has 0 radical (unpaired) electrons. The number of nitrogens with one attached hydrogen (secondary N) is 2. The van der Waals surface area contributed by atoms with Gasteiger partial charge in [0.05, 0.1) is 6.54 Å². The van der Waals surface area contributed by atoms with Crippen molar-refractivity contribution >= 4 is 5.96 Å². The number of rotatable bonds is 4. The maximum Gasteiger partial charge on any atom is 0.191 e. The van der Waals surface area contributed by atoms with E-state index in [4.69, 9.17) is 0 Å². The molecule has 0 amide bonds. The van der Waals surface area contributed by atoms with E-state index in [2.05, 4.69) is 27.5 Å². The molecule has 1 aromatic rings. The zero-order chi connectivity index (χ0) is 11.1. The summed E-state index contributed by atoms with van der Waals surface area (Å²) in [4.78, 5) is 8.33. The fourth-order valence-electron chi connectivity index (χ4n) is 1.19. The lowest BCUT2D eigenvalue weighted by Crippen LogP contribution is -2.37. The number of nitrogens with zero attached hydrogens (tertiary/aromatic N) is 3. The molecule has 0 spiro atoms. The maximum absolute atomic E-state index is 4.22. The molecule has 5 heteroatoms. The molecule has 1 heterocycles. The Hall–Kier alpha value is -1.52. The number of aromatic nitrogens is 2. The van der Waals surface area contributed by atoms with Gasteiger partial charge in [-0.15, -0.1) is 0 Å². The van der Waals surface area contributed by atoms with Crippen molar-refractivity contribution in [3.63, 3.8) is 0 Å². The Labute approximate surface area is 90.6 Å². The molecule has 5 nitrogen and oxygen atoms in total. The first kappa shape index (κ1) is 11.6. The second-order valence-electron chi connectivity index (χ2n) is 3.31. The predicted octanol–water partition coefficient (Wildman–Crippen LogP) is 0.495. The van der Waals surface area contributed by atoms with Crippen molar-refractivity contribution in [2.45, 2.75) is 19.9 Å². The van der Waals surface area contributed by atoms with Crippen molar-refractivity contribution in [1.29, 1.82) is 0 Å². The summed E-state index contributed by atoms with van der Waals surface area (Å²) in [6.45, 7) is 3.74. The van der Waals surface area contributed by atoms with Crippen molar-refractivity contribution in [2.75, 3.05) is 13.6 Å². The smallest absolute Gasteiger partial charge is 0.191 e. The third-order valence-corrected chi connectivity index (χ3v) is 2.10. The Balaban J connectivity index is 2.38. The Kier molecular flexibility index (Phi) is 4.66. The number of imidazole rings is 1. The largest absolute Gasteiger partial charge is 0.356 e. The average molecular weight is 209 g/mol. The van der Waals surface area contributed by atoms with E-state index in [1.165, 1.54) is 0 Å². The Morgan fingerprint density at radius 3 is 2.87 bits per heavy atom. The maximum atomic E-state index is 4.22. The zero-order valence-electron chi connectivity index (χ0n) is 9.62. The molecule has 0 unspecified atom stereocenters. The van der Waals surface area contributed by atoms with Crippen LogP contribution in [0.4, 0.5) is 0 Å². The minimum absolute atomic E-state index is 0.687. The Morgan fingerprint density at radius 1 is 1.53 bits per heavy atom. The highest BCUT2D eigenvalue weighted by Crippen LogP contribution is 1.92.